The number of methoxy groups -OCH3 is 2. The Morgan fingerprint density at radius 2 is 1.84 bits per heavy atom. The van der Waals surface area contributed by atoms with Crippen LogP contribution in [0.25, 0.3) is 27.8 Å². The number of halogens is 2. The molecule has 3 heterocycles. The van der Waals surface area contributed by atoms with E-state index >= 15 is 0 Å². The Balaban J connectivity index is 1.66. The Morgan fingerprint density at radius 3 is 2.53 bits per heavy atom. The van der Waals surface area contributed by atoms with Crippen LogP contribution >= 0.6 is 23.2 Å². The fraction of sp³-hybridized carbons (Fsp3) is 0.143. The lowest BCUT2D eigenvalue weighted by molar-refractivity contribution is -0.114. The summed E-state index contributed by atoms with van der Waals surface area (Å²) in [5, 5.41) is 4.70. The van der Waals surface area contributed by atoms with Gasteiger partial charge in [0.15, 0.2) is 11.4 Å². The van der Waals surface area contributed by atoms with E-state index in [1.54, 1.807) is 24.7 Å². The van der Waals surface area contributed by atoms with Gasteiger partial charge in [0.2, 0.25) is 5.95 Å². The quantitative estimate of drug-likeness (QED) is 0.218. The molecule has 0 amide bonds. The molecule has 3 aromatic heterocycles. The number of nitrogens with zero attached hydrogens (tertiary/aromatic N) is 4. The van der Waals surface area contributed by atoms with Gasteiger partial charge in [-0.25, -0.2) is 9.97 Å². The van der Waals surface area contributed by atoms with Gasteiger partial charge in [0.1, 0.15) is 17.1 Å². The molecule has 0 atom stereocenters. The summed E-state index contributed by atoms with van der Waals surface area (Å²) in [6.07, 6.45) is 6.73. The number of allylic oxidation sites excluding steroid dienone is 1. The van der Waals surface area contributed by atoms with Gasteiger partial charge in [0.25, 0.3) is 0 Å². The molecule has 0 bridgehead atoms. The molecule has 0 saturated heterocycles. The first-order chi connectivity index (χ1) is 18.4. The summed E-state index contributed by atoms with van der Waals surface area (Å²) in [6.45, 7) is 5.54. The number of hydrogen-bond donors (Lipinski definition) is 1. The maximum atomic E-state index is 12.0. The van der Waals surface area contributed by atoms with E-state index in [-0.39, 0.29) is 12.2 Å². The number of carbonyl (C=O) groups excluding carboxylic acids is 1. The zero-order valence-electron chi connectivity index (χ0n) is 20.9. The third-order valence-corrected chi connectivity index (χ3v) is 6.99. The van der Waals surface area contributed by atoms with Crippen molar-refractivity contribution in [1.82, 2.24) is 19.4 Å². The van der Waals surface area contributed by atoms with E-state index in [1.807, 2.05) is 35.6 Å². The number of fused-ring (bicyclic) bond motifs is 3. The van der Waals surface area contributed by atoms with E-state index in [1.165, 1.54) is 20.3 Å². The number of aryl methyl sites for hydroxylation is 1. The van der Waals surface area contributed by atoms with Gasteiger partial charge < -0.3 is 14.8 Å². The van der Waals surface area contributed by atoms with Crippen LogP contribution in [0.1, 0.15) is 11.1 Å². The molecule has 1 N–H and O–H groups in total. The van der Waals surface area contributed by atoms with Gasteiger partial charge in [0, 0.05) is 53.3 Å². The number of rotatable bonds is 8. The number of ether oxygens (including phenoxy) is 2. The lowest BCUT2D eigenvalue weighted by Gasteiger charge is -2.16. The standard InChI is InChI=1S/C28H23Cl2N5O3/c1-5-18(36)11-16-8-6-7-15(2)25(16)33-28-32-14-17-12-19(27-31-9-10-35(27)26(17)34-28)22-23(29)20(37-3)13-21(38-4)24(22)30/h5-10,12-14H,1,11H2,2-4H3,(H,32,33,34). The average Bonchev–Trinajstić information content (AvgIpc) is 3.41. The molecule has 0 spiro atoms. The molecule has 5 aromatic rings. The van der Waals surface area contributed by atoms with E-state index in [2.05, 4.69) is 21.9 Å². The number of ketones is 1. The second-order valence-corrected chi connectivity index (χ2v) is 9.27. The Kier molecular flexibility index (Phi) is 6.93. The van der Waals surface area contributed by atoms with Crippen LogP contribution in [0.3, 0.4) is 0 Å². The number of benzene rings is 2. The highest BCUT2D eigenvalue weighted by Gasteiger charge is 2.22. The molecule has 8 nitrogen and oxygen atoms in total. The Morgan fingerprint density at radius 1 is 1.11 bits per heavy atom. The molecule has 0 radical (unpaired) electrons. The van der Waals surface area contributed by atoms with Crippen LogP contribution in [-0.2, 0) is 11.2 Å². The van der Waals surface area contributed by atoms with Gasteiger partial charge in [-0.2, -0.15) is 4.98 Å². The maximum Gasteiger partial charge on any atom is 0.229 e. The van der Waals surface area contributed by atoms with E-state index in [0.717, 1.165) is 22.2 Å². The number of para-hydroxylation sites is 1. The minimum absolute atomic E-state index is 0.0720. The molecule has 2 aromatic carbocycles. The molecule has 0 saturated carbocycles. The number of aromatic nitrogens is 4. The van der Waals surface area contributed by atoms with Crippen molar-refractivity contribution in [3.8, 4) is 22.6 Å². The Bertz CT molecular complexity index is 1700. The van der Waals surface area contributed by atoms with Gasteiger partial charge in [-0.15, -0.1) is 0 Å². The highest BCUT2D eigenvalue weighted by atomic mass is 35.5. The predicted octanol–water partition coefficient (Wildman–Crippen LogP) is 6.62. The zero-order valence-corrected chi connectivity index (χ0v) is 22.4. The predicted molar refractivity (Wildman–Crippen MR) is 150 cm³/mol. The van der Waals surface area contributed by atoms with Crippen LogP contribution < -0.4 is 14.8 Å². The number of anilines is 2. The lowest BCUT2D eigenvalue weighted by Crippen LogP contribution is -2.06. The van der Waals surface area contributed by atoms with Crippen molar-refractivity contribution in [3.05, 3.63) is 82.7 Å². The van der Waals surface area contributed by atoms with Crippen LogP contribution in [0, 0.1) is 6.92 Å². The summed E-state index contributed by atoms with van der Waals surface area (Å²) in [4.78, 5) is 25.9. The fourth-order valence-corrected chi connectivity index (χ4v) is 5.07. The van der Waals surface area contributed by atoms with E-state index in [9.17, 15) is 4.79 Å². The molecule has 192 valence electrons. The van der Waals surface area contributed by atoms with Crippen molar-refractivity contribution < 1.29 is 14.3 Å². The maximum absolute atomic E-state index is 12.0. The molecule has 0 unspecified atom stereocenters. The van der Waals surface area contributed by atoms with Crippen LogP contribution in [-0.4, -0.2) is 39.4 Å². The highest BCUT2D eigenvalue weighted by molar-refractivity contribution is 6.41. The number of carbonyl (C=O) groups is 1. The second kappa shape index (κ2) is 10.3. The van der Waals surface area contributed by atoms with Gasteiger partial charge in [-0.3, -0.25) is 9.20 Å². The third kappa shape index (κ3) is 4.42. The third-order valence-electron chi connectivity index (χ3n) is 6.24. The molecule has 0 fully saturated rings. The second-order valence-electron chi connectivity index (χ2n) is 8.52. The van der Waals surface area contributed by atoms with Gasteiger partial charge in [-0.1, -0.05) is 48.0 Å². The topological polar surface area (TPSA) is 90.6 Å². The molecule has 38 heavy (non-hydrogen) atoms. The first-order valence-electron chi connectivity index (χ1n) is 11.6. The monoisotopic (exact) mass is 547 g/mol. The Hall–Kier alpha value is -4.14. The van der Waals surface area contributed by atoms with Gasteiger partial charge >= 0.3 is 0 Å². The number of pyridine rings is 1. The summed E-state index contributed by atoms with van der Waals surface area (Å²) in [6, 6.07) is 9.29. The molecular formula is C28H23Cl2N5O3. The normalized spacial score (nSPS) is 11.1. The van der Waals surface area contributed by atoms with Gasteiger partial charge in [0.05, 0.1) is 24.3 Å². The van der Waals surface area contributed by atoms with Crippen molar-refractivity contribution >= 4 is 57.3 Å². The summed E-state index contributed by atoms with van der Waals surface area (Å²) in [5.74, 6) is 1.15. The first-order valence-corrected chi connectivity index (χ1v) is 12.4. The highest BCUT2D eigenvalue weighted by Crippen LogP contribution is 2.47. The van der Waals surface area contributed by atoms with Gasteiger partial charge in [-0.05, 0) is 30.2 Å². The molecular weight excluding hydrogens is 525 g/mol. The van der Waals surface area contributed by atoms with E-state index < -0.39 is 0 Å². The molecule has 10 heteroatoms. The van der Waals surface area contributed by atoms with Crippen LogP contribution in [0.2, 0.25) is 10.0 Å². The Labute approximate surface area is 228 Å². The average molecular weight is 548 g/mol. The number of hydrogen-bond acceptors (Lipinski definition) is 7. The van der Waals surface area contributed by atoms with E-state index in [4.69, 9.17) is 37.7 Å². The van der Waals surface area contributed by atoms with Crippen LogP contribution in [0.5, 0.6) is 11.5 Å². The minimum atomic E-state index is -0.0720. The molecule has 0 aliphatic carbocycles. The van der Waals surface area contributed by atoms with Crippen molar-refractivity contribution in [2.45, 2.75) is 13.3 Å². The van der Waals surface area contributed by atoms with Crippen molar-refractivity contribution in [3.63, 3.8) is 0 Å². The largest absolute Gasteiger partial charge is 0.495 e. The minimum Gasteiger partial charge on any atom is -0.495 e. The molecule has 0 aliphatic rings. The first kappa shape index (κ1) is 25.5. The smallest absolute Gasteiger partial charge is 0.229 e. The fourth-order valence-electron chi connectivity index (χ4n) is 4.36. The van der Waals surface area contributed by atoms with Crippen molar-refractivity contribution in [2.24, 2.45) is 0 Å². The molecule has 0 aliphatic heterocycles. The summed E-state index contributed by atoms with van der Waals surface area (Å²) in [5.41, 5.74) is 4.99. The summed E-state index contributed by atoms with van der Waals surface area (Å²) >= 11 is 13.4. The van der Waals surface area contributed by atoms with Crippen LogP contribution in [0.4, 0.5) is 11.6 Å². The lowest BCUT2D eigenvalue weighted by atomic mass is 10.0. The zero-order chi connectivity index (χ0) is 27.0. The SMILES string of the molecule is C=CC(=O)Cc1cccc(C)c1Nc1ncc2cc(-c3c(Cl)c(OC)cc(OC)c3Cl)c3nccn3c2n1. The number of imidazole rings is 1. The van der Waals surface area contributed by atoms with E-state index in [0.29, 0.717) is 49.9 Å². The van der Waals surface area contributed by atoms with Crippen LogP contribution in [0.15, 0.2) is 61.6 Å². The van der Waals surface area contributed by atoms with Crippen molar-refractivity contribution in [1.29, 1.82) is 0 Å². The molecule has 5 rings (SSSR count). The summed E-state index contributed by atoms with van der Waals surface area (Å²) < 4.78 is 12.7. The van der Waals surface area contributed by atoms with Crippen molar-refractivity contribution in [2.75, 3.05) is 19.5 Å². The summed E-state index contributed by atoms with van der Waals surface area (Å²) in [7, 11) is 3.05. The number of nitrogens with one attached hydrogen (secondary N) is 1.